The second-order valence-electron chi connectivity index (χ2n) is 3.52. The van der Waals surface area contributed by atoms with E-state index in [-0.39, 0.29) is 16.4 Å². The summed E-state index contributed by atoms with van der Waals surface area (Å²) in [6.07, 6.45) is 0. The largest absolute Gasteiger partial charge is 0.284 e. The molecule has 8 nitrogen and oxygen atoms in total. The Bertz CT molecular complexity index is 731. The Balaban J connectivity index is 3.06. The maximum Gasteiger partial charge on any atom is 0.284 e. The fourth-order valence-corrected chi connectivity index (χ4v) is 4.09. The zero-order valence-electron chi connectivity index (χ0n) is 9.72. The number of nitro benzene ring substituents is 1. The third-order valence-electron chi connectivity index (χ3n) is 2.04. The second kappa shape index (κ2) is 6.26. The van der Waals surface area contributed by atoms with Gasteiger partial charge in [-0.25, -0.2) is 22.0 Å². The van der Waals surface area contributed by atoms with Gasteiger partial charge in [0.25, 0.3) is 5.69 Å². The molecule has 0 atom stereocenters. The van der Waals surface area contributed by atoms with Crippen LogP contribution in [0, 0.1) is 10.1 Å². The van der Waals surface area contributed by atoms with Crippen LogP contribution >= 0.6 is 22.4 Å². The standard InChI is InChI=1S/C8H9ClN2O6S3/c9-19(14,15)4-3-18-8-2-1-6(20(10,16)17)5-7(8)11(12)13/h1-2,5H,3-4H2,(H2,10,16,17). The van der Waals surface area contributed by atoms with Crippen molar-refractivity contribution in [3.8, 4) is 0 Å². The molecule has 1 aromatic rings. The number of benzene rings is 1. The number of sulfonamides is 1. The third kappa shape index (κ3) is 5.25. The molecule has 0 aliphatic carbocycles. The molecule has 0 heterocycles. The zero-order chi connectivity index (χ0) is 15.6. The van der Waals surface area contributed by atoms with Crippen LogP contribution in [0.4, 0.5) is 5.69 Å². The fraction of sp³-hybridized carbons (Fsp3) is 0.250. The van der Waals surface area contributed by atoms with Crippen LogP contribution in [0.2, 0.25) is 0 Å². The maximum atomic E-state index is 11.1. The molecule has 0 unspecified atom stereocenters. The Morgan fingerprint density at radius 3 is 2.35 bits per heavy atom. The van der Waals surface area contributed by atoms with E-state index in [0.717, 1.165) is 23.9 Å². The molecule has 0 saturated heterocycles. The van der Waals surface area contributed by atoms with E-state index < -0.39 is 34.6 Å². The van der Waals surface area contributed by atoms with Gasteiger partial charge in [0.05, 0.1) is 20.5 Å². The molecule has 1 rings (SSSR count). The van der Waals surface area contributed by atoms with Gasteiger partial charge in [-0.15, -0.1) is 11.8 Å². The molecule has 1 aromatic carbocycles. The molecule has 0 fully saturated rings. The van der Waals surface area contributed by atoms with E-state index in [2.05, 4.69) is 0 Å². The molecule has 0 radical (unpaired) electrons. The van der Waals surface area contributed by atoms with E-state index in [0.29, 0.717) is 0 Å². The van der Waals surface area contributed by atoms with E-state index in [1.54, 1.807) is 0 Å². The van der Waals surface area contributed by atoms with Gasteiger partial charge in [0.2, 0.25) is 19.1 Å². The zero-order valence-corrected chi connectivity index (χ0v) is 12.9. The van der Waals surface area contributed by atoms with Crippen molar-refractivity contribution in [3.63, 3.8) is 0 Å². The van der Waals surface area contributed by atoms with Crippen LogP contribution in [-0.4, -0.2) is 33.3 Å². The van der Waals surface area contributed by atoms with Crippen LogP contribution in [0.1, 0.15) is 0 Å². The summed E-state index contributed by atoms with van der Waals surface area (Å²) in [4.78, 5) is 9.84. The highest BCUT2D eigenvalue weighted by molar-refractivity contribution is 8.14. The summed E-state index contributed by atoms with van der Waals surface area (Å²) in [5.41, 5.74) is -0.464. The number of hydrogen-bond acceptors (Lipinski definition) is 7. The molecule has 12 heteroatoms. The predicted octanol–water partition coefficient (Wildman–Crippen LogP) is 0.903. The molecular formula is C8H9ClN2O6S3. The first kappa shape index (κ1) is 17.2. The summed E-state index contributed by atoms with van der Waals surface area (Å²) in [7, 11) is -2.73. The molecule has 0 aromatic heterocycles. The lowest BCUT2D eigenvalue weighted by Crippen LogP contribution is -2.12. The van der Waals surface area contributed by atoms with Crippen LogP contribution in [0.25, 0.3) is 0 Å². The fourth-order valence-electron chi connectivity index (χ4n) is 1.19. The summed E-state index contributed by atoms with van der Waals surface area (Å²) in [5, 5.41) is 15.8. The van der Waals surface area contributed by atoms with Crippen molar-refractivity contribution in [2.24, 2.45) is 5.14 Å². The van der Waals surface area contributed by atoms with Gasteiger partial charge >= 0.3 is 0 Å². The first-order valence-corrected chi connectivity index (χ1v) is 9.88. The first-order chi connectivity index (χ1) is 9.00. The van der Waals surface area contributed by atoms with Gasteiger partial charge in [-0.1, -0.05) is 0 Å². The molecule has 0 spiro atoms. The van der Waals surface area contributed by atoms with Gasteiger partial charge in [-0.05, 0) is 12.1 Å². The number of halogens is 1. The van der Waals surface area contributed by atoms with Crippen molar-refractivity contribution >= 4 is 47.2 Å². The van der Waals surface area contributed by atoms with E-state index >= 15 is 0 Å². The van der Waals surface area contributed by atoms with Crippen molar-refractivity contribution in [1.82, 2.24) is 0 Å². The highest BCUT2D eigenvalue weighted by Crippen LogP contribution is 2.31. The normalized spacial score (nSPS) is 12.3. The molecule has 20 heavy (non-hydrogen) atoms. The summed E-state index contributed by atoms with van der Waals surface area (Å²) >= 11 is 0.881. The van der Waals surface area contributed by atoms with E-state index in [1.807, 2.05) is 0 Å². The predicted molar refractivity (Wildman–Crippen MR) is 74.8 cm³/mol. The van der Waals surface area contributed by atoms with Gasteiger partial charge in [0, 0.05) is 22.5 Å². The van der Waals surface area contributed by atoms with Gasteiger partial charge in [-0.2, -0.15) is 0 Å². The lowest BCUT2D eigenvalue weighted by Gasteiger charge is -2.04. The average Bonchev–Trinajstić information content (AvgIpc) is 2.25. The van der Waals surface area contributed by atoms with E-state index in [4.69, 9.17) is 15.8 Å². The third-order valence-corrected chi connectivity index (χ3v) is 5.43. The van der Waals surface area contributed by atoms with Crippen molar-refractivity contribution in [3.05, 3.63) is 28.3 Å². The average molecular weight is 361 g/mol. The lowest BCUT2D eigenvalue weighted by atomic mass is 10.3. The quantitative estimate of drug-likeness (QED) is 0.344. The number of hydrogen-bond donors (Lipinski definition) is 1. The molecule has 0 aliphatic rings. The second-order valence-corrected chi connectivity index (χ2v) is 9.12. The van der Waals surface area contributed by atoms with Gasteiger partial charge in [0.1, 0.15) is 0 Å². The number of thioether (sulfide) groups is 1. The Hall–Kier alpha value is -0.880. The van der Waals surface area contributed by atoms with Crippen LogP contribution in [-0.2, 0) is 19.1 Å². The van der Waals surface area contributed by atoms with Crippen LogP contribution in [0.3, 0.4) is 0 Å². The highest BCUT2D eigenvalue weighted by atomic mass is 35.7. The SMILES string of the molecule is NS(=O)(=O)c1ccc(SCCS(=O)(=O)Cl)c([N+](=O)[O-])c1. The molecule has 112 valence electrons. The summed E-state index contributed by atoms with van der Waals surface area (Å²) in [5.74, 6) is -0.366. The minimum absolute atomic E-state index is 0.00138. The Morgan fingerprint density at radius 1 is 1.30 bits per heavy atom. The van der Waals surface area contributed by atoms with Crippen LogP contribution in [0.5, 0.6) is 0 Å². The lowest BCUT2D eigenvalue weighted by molar-refractivity contribution is -0.388. The molecule has 2 N–H and O–H groups in total. The monoisotopic (exact) mass is 360 g/mol. The van der Waals surface area contributed by atoms with E-state index in [9.17, 15) is 26.9 Å². The van der Waals surface area contributed by atoms with Crippen LogP contribution < -0.4 is 5.14 Å². The van der Waals surface area contributed by atoms with Gasteiger partial charge in [-0.3, -0.25) is 10.1 Å². The Kier molecular flexibility index (Phi) is 5.38. The van der Waals surface area contributed by atoms with Gasteiger partial charge in [0.15, 0.2) is 0 Å². The Morgan fingerprint density at radius 2 is 1.90 bits per heavy atom. The van der Waals surface area contributed by atoms with Crippen molar-refractivity contribution in [1.29, 1.82) is 0 Å². The van der Waals surface area contributed by atoms with Crippen molar-refractivity contribution < 1.29 is 21.8 Å². The number of nitrogens with two attached hydrogens (primary N) is 1. The maximum absolute atomic E-state index is 11.1. The Labute approximate surface area is 123 Å². The molecule has 0 bridgehead atoms. The smallest absolute Gasteiger partial charge is 0.258 e. The number of primary sulfonamides is 1. The molecule has 0 saturated carbocycles. The van der Waals surface area contributed by atoms with Crippen LogP contribution in [0.15, 0.2) is 28.0 Å². The number of nitrogens with zero attached hydrogens (tertiary/aromatic N) is 1. The summed E-state index contributed by atoms with van der Waals surface area (Å²) < 4.78 is 43.7. The van der Waals surface area contributed by atoms with Crippen molar-refractivity contribution in [2.75, 3.05) is 11.5 Å². The molecule has 0 amide bonds. The van der Waals surface area contributed by atoms with Gasteiger partial charge < -0.3 is 0 Å². The molecular weight excluding hydrogens is 352 g/mol. The topological polar surface area (TPSA) is 137 Å². The highest BCUT2D eigenvalue weighted by Gasteiger charge is 2.19. The van der Waals surface area contributed by atoms with E-state index in [1.165, 1.54) is 6.07 Å². The minimum Gasteiger partial charge on any atom is -0.258 e. The summed E-state index contributed by atoms with van der Waals surface area (Å²) in [6, 6.07) is 3.14. The first-order valence-electron chi connectivity index (χ1n) is 4.87. The van der Waals surface area contributed by atoms with Crippen molar-refractivity contribution in [2.45, 2.75) is 9.79 Å². The molecule has 0 aliphatic heterocycles. The summed E-state index contributed by atoms with van der Waals surface area (Å²) in [6.45, 7) is 0. The minimum atomic E-state index is -4.05. The number of rotatable bonds is 6. The number of nitro groups is 1.